The fourth-order valence-electron chi connectivity index (χ4n) is 1.30. The summed E-state index contributed by atoms with van der Waals surface area (Å²) in [7, 11) is 1.84. The van der Waals surface area contributed by atoms with Gasteiger partial charge in [0.15, 0.2) is 0 Å². The van der Waals surface area contributed by atoms with E-state index in [1.165, 1.54) is 6.07 Å². The second-order valence-electron chi connectivity index (χ2n) is 3.46. The van der Waals surface area contributed by atoms with Gasteiger partial charge in [0.1, 0.15) is 0 Å². The van der Waals surface area contributed by atoms with Gasteiger partial charge in [0.2, 0.25) is 0 Å². The Balaban J connectivity index is 2.54. The second-order valence-corrected chi connectivity index (χ2v) is 3.46. The van der Waals surface area contributed by atoms with Crippen LogP contribution in [0.2, 0.25) is 0 Å². The molecule has 0 aliphatic rings. The average Bonchev–Trinajstić information content (AvgIpc) is 2.24. The molecule has 5 heteroatoms. The van der Waals surface area contributed by atoms with Crippen molar-refractivity contribution in [1.82, 2.24) is 5.32 Å². The molecule has 0 aromatic heterocycles. The number of alkyl halides is 3. The van der Waals surface area contributed by atoms with Crippen LogP contribution >= 0.6 is 0 Å². The van der Waals surface area contributed by atoms with Crippen LogP contribution in [0.5, 0.6) is 0 Å². The fourth-order valence-corrected chi connectivity index (χ4v) is 1.30. The Bertz CT molecular complexity index is 323. The van der Waals surface area contributed by atoms with E-state index in [-0.39, 0.29) is 0 Å². The number of benzene rings is 1. The van der Waals surface area contributed by atoms with Gasteiger partial charge in [-0.2, -0.15) is 13.2 Å². The van der Waals surface area contributed by atoms with Crippen LogP contribution in [-0.4, -0.2) is 20.1 Å². The number of hydrogen-bond donors (Lipinski definition) is 2. The van der Waals surface area contributed by atoms with Crippen LogP contribution in [0, 0.1) is 0 Å². The lowest BCUT2D eigenvalue weighted by atomic mass is 10.2. The molecule has 90 valence electrons. The minimum absolute atomic E-state index is 0.505. The Kier molecular flexibility index (Phi) is 4.61. The molecule has 16 heavy (non-hydrogen) atoms. The van der Waals surface area contributed by atoms with Gasteiger partial charge in [-0.1, -0.05) is 6.07 Å². The van der Waals surface area contributed by atoms with E-state index in [1.54, 1.807) is 6.07 Å². The third kappa shape index (κ3) is 4.10. The van der Waals surface area contributed by atoms with Crippen molar-refractivity contribution in [3.05, 3.63) is 29.8 Å². The zero-order valence-electron chi connectivity index (χ0n) is 9.06. The molecule has 2 nitrogen and oxygen atoms in total. The minimum atomic E-state index is -4.28. The van der Waals surface area contributed by atoms with E-state index in [0.29, 0.717) is 12.2 Å². The third-order valence-corrected chi connectivity index (χ3v) is 2.12. The van der Waals surface area contributed by atoms with Crippen LogP contribution in [0.3, 0.4) is 0 Å². The molecule has 0 fully saturated rings. The van der Waals surface area contributed by atoms with Crippen molar-refractivity contribution in [1.29, 1.82) is 0 Å². The number of rotatable bonds is 5. The third-order valence-electron chi connectivity index (χ3n) is 2.12. The Morgan fingerprint density at radius 2 is 1.94 bits per heavy atom. The molecule has 0 saturated heterocycles. The van der Waals surface area contributed by atoms with Crippen molar-refractivity contribution >= 4 is 5.69 Å². The molecule has 0 radical (unpaired) electrons. The normalized spacial score (nSPS) is 11.5. The van der Waals surface area contributed by atoms with Crippen LogP contribution in [0.25, 0.3) is 0 Å². The lowest BCUT2D eigenvalue weighted by Crippen LogP contribution is -2.13. The van der Waals surface area contributed by atoms with E-state index in [2.05, 4.69) is 10.6 Å². The minimum Gasteiger partial charge on any atom is -0.385 e. The Labute approximate surface area is 92.9 Å². The van der Waals surface area contributed by atoms with Crippen molar-refractivity contribution in [3.63, 3.8) is 0 Å². The smallest absolute Gasteiger partial charge is 0.385 e. The maximum absolute atomic E-state index is 12.4. The molecule has 0 atom stereocenters. The van der Waals surface area contributed by atoms with Crippen molar-refractivity contribution in [2.45, 2.75) is 12.6 Å². The first kappa shape index (κ1) is 12.8. The summed E-state index contributed by atoms with van der Waals surface area (Å²) in [6.07, 6.45) is -3.41. The molecule has 0 bridgehead atoms. The first-order chi connectivity index (χ1) is 7.54. The standard InChI is InChI=1S/C11H15F3N2/c1-15-6-3-7-16-10-5-2-4-9(8-10)11(12,13)14/h2,4-5,8,15-16H,3,6-7H2,1H3. The fraction of sp³-hybridized carbons (Fsp3) is 0.455. The molecular weight excluding hydrogens is 217 g/mol. The van der Waals surface area contributed by atoms with E-state index < -0.39 is 11.7 Å². The van der Waals surface area contributed by atoms with E-state index in [1.807, 2.05) is 7.05 Å². The molecule has 1 aromatic carbocycles. The molecule has 0 heterocycles. The second kappa shape index (κ2) is 5.75. The highest BCUT2D eigenvalue weighted by Crippen LogP contribution is 2.30. The van der Waals surface area contributed by atoms with Crippen LogP contribution in [0.1, 0.15) is 12.0 Å². The van der Waals surface area contributed by atoms with Gasteiger partial charge in [0.25, 0.3) is 0 Å². The summed E-state index contributed by atoms with van der Waals surface area (Å²) in [6.45, 7) is 1.49. The summed E-state index contributed by atoms with van der Waals surface area (Å²) in [5.41, 5.74) is -0.114. The zero-order chi connectivity index (χ0) is 12.0. The van der Waals surface area contributed by atoms with Gasteiger partial charge in [-0.25, -0.2) is 0 Å². The van der Waals surface area contributed by atoms with Crippen molar-refractivity contribution in [2.24, 2.45) is 0 Å². The van der Waals surface area contributed by atoms with E-state index in [4.69, 9.17) is 0 Å². The van der Waals surface area contributed by atoms with Crippen molar-refractivity contribution in [2.75, 3.05) is 25.5 Å². The predicted molar refractivity (Wildman–Crippen MR) is 58.5 cm³/mol. The summed E-state index contributed by atoms with van der Waals surface area (Å²) < 4.78 is 37.1. The quantitative estimate of drug-likeness (QED) is 0.763. The summed E-state index contributed by atoms with van der Waals surface area (Å²) in [5, 5.41) is 5.92. The summed E-state index contributed by atoms with van der Waals surface area (Å²) >= 11 is 0. The van der Waals surface area contributed by atoms with Gasteiger partial charge in [-0.05, 0) is 38.2 Å². The first-order valence-corrected chi connectivity index (χ1v) is 5.10. The molecule has 0 unspecified atom stereocenters. The first-order valence-electron chi connectivity index (χ1n) is 5.10. The topological polar surface area (TPSA) is 24.1 Å². The predicted octanol–water partition coefficient (Wildman–Crippen LogP) is 2.73. The van der Waals surface area contributed by atoms with Crippen LogP contribution in [0.4, 0.5) is 18.9 Å². The number of anilines is 1. The van der Waals surface area contributed by atoms with Gasteiger partial charge in [0, 0.05) is 12.2 Å². The number of nitrogens with one attached hydrogen (secondary N) is 2. The van der Waals surface area contributed by atoms with E-state index in [0.717, 1.165) is 25.1 Å². The highest BCUT2D eigenvalue weighted by molar-refractivity contribution is 5.46. The molecule has 2 N–H and O–H groups in total. The SMILES string of the molecule is CNCCCNc1cccc(C(F)(F)F)c1. The Morgan fingerprint density at radius 1 is 1.19 bits per heavy atom. The van der Waals surface area contributed by atoms with E-state index >= 15 is 0 Å². The molecule has 1 aromatic rings. The maximum atomic E-state index is 12.4. The van der Waals surface area contributed by atoms with Gasteiger partial charge >= 0.3 is 6.18 Å². The summed E-state index contributed by atoms with van der Waals surface area (Å²) in [4.78, 5) is 0. The molecule has 0 aliphatic heterocycles. The van der Waals surface area contributed by atoms with Crippen LogP contribution in [-0.2, 0) is 6.18 Å². The van der Waals surface area contributed by atoms with E-state index in [9.17, 15) is 13.2 Å². The van der Waals surface area contributed by atoms with Gasteiger partial charge in [-0.15, -0.1) is 0 Å². The van der Waals surface area contributed by atoms with Crippen molar-refractivity contribution in [3.8, 4) is 0 Å². The average molecular weight is 232 g/mol. The molecule has 0 saturated carbocycles. The van der Waals surface area contributed by atoms with Crippen molar-refractivity contribution < 1.29 is 13.2 Å². The Morgan fingerprint density at radius 3 is 2.56 bits per heavy atom. The van der Waals surface area contributed by atoms with Gasteiger partial charge < -0.3 is 10.6 Å². The lowest BCUT2D eigenvalue weighted by Gasteiger charge is -2.10. The molecule has 1 rings (SSSR count). The molecule has 0 spiro atoms. The highest BCUT2D eigenvalue weighted by atomic mass is 19.4. The number of hydrogen-bond acceptors (Lipinski definition) is 2. The monoisotopic (exact) mass is 232 g/mol. The van der Waals surface area contributed by atoms with Crippen LogP contribution in [0.15, 0.2) is 24.3 Å². The summed E-state index contributed by atoms with van der Waals surface area (Å²) in [6, 6.07) is 5.23. The largest absolute Gasteiger partial charge is 0.416 e. The Hall–Kier alpha value is -1.23. The summed E-state index contributed by atoms with van der Waals surface area (Å²) in [5.74, 6) is 0. The van der Waals surface area contributed by atoms with Gasteiger partial charge in [0.05, 0.1) is 5.56 Å². The molecule has 0 amide bonds. The highest BCUT2D eigenvalue weighted by Gasteiger charge is 2.30. The lowest BCUT2D eigenvalue weighted by molar-refractivity contribution is -0.137. The molecule has 0 aliphatic carbocycles. The number of halogens is 3. The van der Waals surface area contributed by atoms with Crippen LogP contribution < -0.4 is 10.6 Å². The molecular formula is C11H15F3N2. The van der Waals surface area contributed by atoms with Gasteiger partial charge in [-0.3, -0.25) is 0 Å². The maximum Gasteiger partial charge on any atom is 0.416 e. The zero-order valence-corrected chi connectivity index (χ0v) is 9.06.